The van der Waals surface area contributed by atoms with E-state index < -0.39 is 0 Å². The number of anilines is 1. The molecule has 0 spiro atoms. The first-order valence-electron chi connectivity index (χ1n) is 11.7. The highest BCUT2D eigenvalue weighted by atomic mass is 16.5. The summed E-state index contributed by atoms with van der Waals surface area (Å²) in [5, 5.41) is 3.45. The van der Waals surface area contributed by atoms with Crippen molar-refractivity contribution in [2.45, 2.75) is 25.3 Å². The molecule has 0 radical (unpaired) electrons. The highest BCUT2D eigenvalue weighted by molar-refractivity contribution is 5.77. The number of hydrogen-bond acceptors (Lipinski definition) is 4. The first-order chi connectivity index (χ1) is 16.1. The van der Waals surface area contributed by atoms with Crippen LogP contribution in [0.25, 0.3) is 0 Å². The molecule has 0 saturated carbocycles. The van der Waals surface area contributed by atoms with Crippen LogP contribution in [0.2, 0.25) is 0 Å². The summed E-state index contributed by atoms with van der Waals surface area (Å²) >= 11 is 0. The van der Waals surface area contributed by atoms with E-state index >= 15 is 0 Å². The molecule has 33 heavy (non-hydrogen) atoms. The third kappa shape index (κ3) is 6.14. The summed E-state index contributed by atoms with van der Waals surface area (Å²) in [4.78, 5) is 17.3. The smallest absolute Gasteiger partial charge is 0.223 e. The molecule has 1 heterocycles. The molecule has 0 aliphatic carbocycles. The van der Waals surface area contributed by atoms with Crippen molar-refractivity contribution in [2.24, 2.45) is 0 Å². The second kappa shape index (κ2) is 11.0. The number of benzene rings is 3. The monoisotopic (exact) mass is 443 g/mol. The third-order valence-corrected chi connectivity index (χ3v) is 6.13. The van der Waals surface area contributed by atoms with E-state index in [1.807, 2.05) is 56.6 Å². The highest BCUT2D eigenvalue weighted by Gasteiger charge is 2.26. The van der Waals surface area contributed by atoms with Crippen LogP contribution in [0, 0.1) is 0 Å². The maximum absolute atomic E-state index is 13.2. The Morgan fingerprint density at radius 3 is 2.64 bits per heavy atom. The van der Waals surface area contributed by atoms with E-state index in [1.165, 1.54) is 5.56 Å². The molecular weight excluding hydrogens is 410 g/mol. The van der Waals surface area contributed by atoms with E-state index in [0.29, 0.717) is 12.8 Å². The van der Waals surface area contributed by atoms with Crippen LogP contribution >= 0.6 is 0 Å². The van der Waals surface area contributed by atoms with Gasteiger partial charge in [-0.15, -0.1) is 0 Å². The molecule has 1 fully saturated rings. The zero-order valence-corrected chi connectivity index (χ0v) is 19.5. The molecule has 3 aromatic rings. The van der Waals surface area contributed by atoms with E-state index in [1.54, 1.807) is 0 Å². The van der Waals surface area contributed by atoms with Crippen LogP contribution in [0.4, 0.5) is 5.69 Å². The van der Waals surface area contributed by atoms with Crippen LogP contribution in [-0.2, 0) is 17.6 Å². The molecule has 1 aliphatic rings. The molecule has 172 valence electrons. The Morgan fingerprint density at radius 1 is 1.03 bits per heavy atom. The summed E-state index contributed by atoms with van der Waals surface area (Å²) < 4.78 is 6.22. The minimum atomic E-state index is 0.189. The fraction of sp³-hybridized carbons (Fsp3) is 0.321. The number of aryl methyl sites for hydroxylation is 1. The molecule has 1 saturated heterocycles. The molecule has 1 aliphatic heterocycles. The fourth-order valence-electron chi connectivity index (χ4n) is 4.31. The SMILES string of the molecule is CN(C)c1cccc(Oc2ccccc2CCC(=O)N2CCNCC2Cc2ccccc2)c1. The maximum atomic E-state index is 13.2. The van der Waals surface area contributed by atoms with Gasteiger partial charge < -0.3 is 19.9 Å². The number of piperazine rings is 1. The number of ether oxygens (including phenoxy) is 1. The van der Waals surface area contributed by atoms with Gasteiger partial charge >= 0.3 is 0 Å². The predicted molar refractivity (Wildman–Crippen MR) is 134 cm³/mol. The quantitative estimate of drug-likeness (QED) is 0.556. The van der Waals surface area contributed by atoms with Gasteiger partial charge in [-0.2, -0.15) is 0 Å². The second-order valence-electron chi connectivity index (χ2n) is 8.74. The van der Waals surface area contributed by atoms with Crippen molar-refractivity contribution in [1.82, 2.24) is 10.2 Å². The van der Waals surface area contributed by atoms with Crippen molar-refractivity contribution in [1.29, 1.82) is 0 Å². The largest absolute Gasteiger partial charge is 0.457 e. The lowest BCUT2D eigenvalue weighted by atomic mass is 10.0. The van der Waals surface area contributed by atoms with Crippen molar-refractivity contribution < 1.29 is 9.53 Å². The van der Waals surface area contributed by atoms with E-state index in [4.69, 9.17) is 4.74 Å². The van der Waals surface area contributed by atoms with Crippen molar-refractivity contribution in [3.05, 3.63) is 90.0 Å². The summed E-state index contributed by atoms with van der Waals surface area (Å²) in [5.41, 5.74) is 3.40. The van der Waals surface area contributed by atoms with Crippen molar-refractivity contribution in [2.75, 3.05) is 38.6 Å². The van der Waals surface area contributed by atoms with Crippen LogP contribution in [-0.4, -0.2) is 50.6 Å². The van der Waals surface area contributed by atoms with Gasteiger partial charge in [-0.05, 0) is 42.2 Å². The van der Waals surface area contributed by atoms with Crippen molar-refractivity contribution in [3.63, 3.8) is 0 Å². The number of nitrogens with zero attached hydrogens (tertiary/aromatic N) is 2. The molecule has 1 unspecified atom stereocenters. The topological polar surface area (TPSA) is 44.8 Å². The molecule has 1 atom stereocenters. The lowest BCUT2D eigenvalue weighted by Gasteiger charge is -2.36. The normalized spacial score (nSPS) is 15.8. The Morgan fingerprint density at radius 2 is 1.82 bits per heavy atom. The van der Waals surface area contributed by atoms with Crippen LogP contribution in [0.5, 0.6) is 11.5 Å². The van der Waals surface area contributed by atoms with Crippen LogP contribution in [0.3, 0.4) is 0 Å². The van der Waals surface area contributed by atoms with Gasteiger partial charge in [0.15, 0.2) is 0 Å². The average molecular weight is 444 g/mol. The second-order valence-corrected chi connectivity index (χ2v) is 8.74. The van der Waals surface area contributed by atoms with Gasteiger partial charge in [-0.3, -0.25) is 4.79 Å². The van der Waals surface area contributed by atoms with Crippen molar-refractivity contribution >= 4 is 11.6 Å². The van der Waals surface area contributed by atoms with Gasteiger partial charge in [-0.1, -0.05) is 54.6 Å². The molecular formula is C28H33N3O2. The molecule has 0 aromatic heterocycles. The van der Waals surface area contributed by atoms with Crippen molar-refractivity contribution in [3.8, 4) is 11.5 Å². The van der Waals surface area contributed by atoms with Crippen LogP contribution in [0.15, 0.2) is 78.9 Å². The van der Waals surface area contributed by atoms with Gasteiger partial charge in [0.2, 0.25) is 5.91 Å². The van der Waals surface area contributed by atoms with Crippen LogP contribution in [0.1, 0.15) is 17.5 Å². The Labute approximate surface area is 197 Å². The summed E-state index contributed by atoms with van der Waals surface area (Å²) in [6.45, 7) is 2.44. The molecule has 4 rings (SSSR count). The molecule has 1 N–H and O–H groups in total. The Kier molecular flexibility index (Phi) is 7.63. The number of nitrogens with one attached hydrogen (secondary N) is 1. The average Bonchev–Trinajstić information content (AvgIpc) is 2.84. The van der Waals surface area contributed by atoms with E-state index in [-0.39, 0.29) is 11.9 Å². The van der Waals surface area contributed by atoms with Gasteiger partial charge in [0.25, 0.3) is 0 Å². The van der Waals surface area contributed by atoms with Gasteiger partial charge in [0.1, 0.15) is 11.5 Å². The minimum absolute atomic E-state index is 0.189. The van der Waals surface area contributed by atoms with Gasteiger partial charge in [0, 0.05) is 57.9 Å². The molecule has 5 heteroatoms. The molecule has 3 aromatic carbocycles. The summed E-state index contributed by atoms with van der Waals surface area (Å²) in [6.07, 6.45) is 2.01. The molecule has 5 nitrogen and oxygen atoms in total. The lowest BCUT2D eigenvalue weighted by Crippen LogP contribution is -2.54. The van der Waals surface area contributed by atoms with Gasteiger partial charge in [-0.25, -0.2) is 0 Å². The Hall–Kier alpha value is -3.31. The number of carbonyl (C=O) groups excluding carboxylic acids is 1. The Balaban J connectivity index is 1.41. The third-order valence-electron chi connectivity index (χ3n) is 6.13. The van der Waals surface area contributed by atoms with E-state index in [9.17, 15) is 4.79 Å². The zero-order valence-electron chi connectivity index (χ0n) is 19.5. The maximum Gasteiger partial charge on any atom is 0.223 e. The summed E-state index contributed by atoms with van der Waals surface area (Å²) in [5.74, 6) is 1.81. The Bertz CT molecular complexity index is 1050. The minimum Gasteiger partial charge on any atom is -0.457 e. The number of amides is 1. The molecule has 1 amide bonds. The first kappa shape index (κ1) is 22.9. The molecule has 0 bridgehead atoms. The first-order valence-corrected chi connectivity index (χ1v) is 11.7. The number of para-hydroxylation sites is 1. The standard InChI is InChI=1S/C28H33N3O2/c1-30(2)24-12-8-13-26(20-24)33-27-14-7-6-11-23(27)15-16-28(32)31-18-17-29-21-25(31)19-22-9-4-3-5-10-22/h3-14,20,25,29H,15-19,21H2,1-2H3. The van der Waals surface area contributed by atoms with Gasteiger partial charge in [0.05, 0.1) is 0 Å². The van der Waals surface area contributed by atoms with E-state index in [2.05, 4.69) is 51.5 Å². The predicted octanol–water partition coefficient (Wildman–Crippen LogP) is 4.52. The lowest BCUT2D eigenvalue weighted by molar-refractivity contribution is -0.134. The van der Waals surface area contributed by atoms with E-state index in [0.717, 1.165) is 48.8 Å². The van der Waals surface area contributed by atoms with Crippen LogP contribution < -0.4 is 15.0 Å². The summed E-state index contributed by atoms with van der Waals surface area (Å²) in [6, 6.07) is 26.6. The number of hydrogen-bond donors (Lipinski definition) is 1. The number of carbonyl (C=O) groups is 1. The highest BCUT2D eigenvalue weighted by Crippen LogP contribution is 2.29. The fourth-order valence-corrected chi connectivity index (χ4v) is 4.31. The number of rotatable bonds is 8. The zero-order chi connectivity index (χ0) is 23.0. The summed E-state index contributed by atoms with van der Waals surface area (Å²) in [7, 11) is 4.03.